The second-order valence-electron chi connectivity index (χ2n) is 10.8. The first-order valence-electron chi connectivity index (χ1n) is 14.6. The molecule has 9 aromatic rings. The van der Waals surface area contributed by atoms with Gasteiger partial charge in [-0.25, -0.2) is 9.97 Å². The highest BCUT2D eigenvalue weighted by Gasteiger charge is 2.15. The van der Waals surface area contributed by atoms with E-state index in [-0.39, 0.29) is 0 Å². The van der Waals surface area contributed by atoms with E-state index in [1.54, 1.807) is 0 Å². The number of hydrogen-bond acceptors (Lipinski definition) is 4. The summed E-state index contributed by atoms with van der Waals surface area (Å²) in [5.74, 6) is 0.830. The number of pyridine rings is 4. The number of nitrogens with zero attached hydrogens (tertiary/aromatic N) is 6. The molecule has 0 spiro atoms. The van der Waals surface area contributed by atoms with Crippen molar-refractivity contribution in [3.8, 4) is 34.2 Å². The number of rotatable bonds is 4. The lowest BCUT2D eigenvalue weighted by Gasteiger charge is -2.11. The van der Waals surface area contributed by atoms with Crippen molar-refractivity contribution in [3.63, 3.8) is 0 Å². The van der Waals surface area contributed by atoms with Gasteiger partial charge in [0.25, 0.3) is 0 Å². The fraction of sp³-hybridized carbons (Fsp3) is 0. The molecule has 3 aromatic carbocycles. The quantitative estimate of drug-likeness (QED) is 0.214. The Bertz CT molecular complexity index is 2240. The predicted molar refractivity (Wildman–Crippen MR) is 177 cm³/mol. The van der Waals surface area contributed by atoms with Crippen LogP contribution in [0.2, 0.25) is 0 Å². The third-order valence-electron chi connectivity index (χ3n) is 8.33. The molecule has 0 radical (unpaired) electrons. The van der Waals surface area contributed by atoms with E-state index in [0.29, 0.717) is 0 Å². The molecule has 0 N–H and O–H groups in total. The Morgan fingerprint density at radius 1 is 0.409 bits per heavy atom. The van der Waals surface area contributed by atoms with Crippen LogP contribution in [0.4, 0.5) is 0 Å². The van der Waals surface area contributed by atoms with Gasteiger partial charge in [0.05, 0.1) is 45.3 Å². The Balaban J connectivity index is 1.15. The van der Waals surface area contributed by atoms with E-state index in [1.165, 1.54) is 10.8 Å². The van der Waals surface area contributed by atoms with Crippen LogP contribution in [0, 0.1) is 0 Å². The smallest absolute Gasteiger partial charge is 0.138 e. The average molecular weight is 565 g/mol. The fourth-order valence-corrected chi connectivity index (χ4v) is 6.39. The summed E-state index contributed by atoms with van der Waals surface area (Å²) >= 11 is 0. The van der Waals surface area contributed by atoms with Crippen LogP contribution in [0.25, 0.3) is 77.8 Å². The Morgan fingerprint density at radius 2 is 1.05 bits per heavy atom. The molecule has 0 aliphatic rings. The van der Waals surface area contributed by atoms with Gasteiger partial charge in [-0.3, -0.25) is 14.5 Å². The summed E-state index contributed by atoms with van der Waals surface area (Å²) in [6, 6.07) is 41.8. The van der Waals surface area contributed by atoms with Crippen molar-refractivity contribution < 1.29 is 0 Å². The molecule has 0 fully saturated rings. The Labute approximate surface area is 252 Å². The first kappa shape index (κ1) is 24.5. The predicted octanol–water partition coefficient (Wildman–Crippen LogP) is 8.79. The first-order valence-corrected chi connectivity index (χ1v) is 14.6. The molecule has 0 saturated carbocycles. The van der Waals surface area contributed by atoms with Crippen molar-refractivity contribution in [2.45, 2.75) is 0 Å². The van der Waals surface area contributed by atoms with Gasteiger partial charge in [0.15, 0.2) is 0 Å². The molecular weight excluding hydrogens is 540 g/mol. The van der Waals surface area contributed by atoms with Crippen LogP contribution in [0.15, 0.2) is 146 Å². The lowest BCUT2D eigenvalue weighted by Crippen LogP contribution is -1.99. The summed E-state index contributed by atoms with van der Waals surface area (Å²) in [4.78, 5) is 19.0. The molecular formula is C38H24N6. The molecule has 6 aromatic heterocycles. The van der Waals surface area contributed by atoms with E-state index in [2.05, 4.69) is 116 Å². The molecule has 9 rings (SSSR count). The van der Waals surface area contributed by atoms with Gasteiger partial charge in [-0.05, 0) is 60.7 Å². The maximum atomic E-state index is 5.11. The maximum Gasteiger partial charge on any atom is 0.138 e. The average Bonchev–Trinajstić information content (AvgIpc) is 3.62. The van der Waals surface area contributed by atoms with Crippen LogP contribution in [-0.4, -0.2) is 29.1 Å². The summed E-state index contributed by atoms with van der Waals surface area (Å²) in [6.07, 6.45) is 7.54. The molecule has 0 bridgehead atoms. The SMILES string of the molecule is c1cc(-c2cccc(-c3cccc(-n4c5ccccc5c5ccncc54)n3)n2)cc(-n2c3ccccc3c3cnccc32)c1. The van der Waals surface area contributed by atoms with Gasteiger partial charge in [-0.1, -0.05) is 60.7 Å². The van der Waals surface area contributed by atoms with E-state index in [9.17, 15) is 0 Å². The lowest BCUT2D eigenvalue weighted by atomic mass is 10.1. The van der Waals surface area contributed by atoms with Crippen molar-refractivity contribution in [2.24, 2.45) is 0 Å². The third kappa shape index (κ3) is 3.75. The zero-order valence-electron chi connectivity index (χ0n) is 23.5. The highest BCUT2D eigenvalue weighted by Crippen LogP contribution is 2.34. The molecule has 206 valence electrons. The van der Waals surface area contributed by atoms with Gasteiger partial charge in [-0.15, -0.1) is 0 Å². The standard InChI is InChI=1S/C38H24N6/c1-4-16-35-27(10-1)29-18-20-40-24-37(29)44(35)38-17-7-14-33(42-38)32-13-6-12-31(41-32)25-8-5-9-26(22-25)43-34-15-3-2-11-28(34)30-23-39-21-19-36(30)43/h1-24H. The molecule has 6 heterocycles. The number of benzene rings is 3. The highest BCUT2D eigenvalue weighted by molar-refractivity contribution is 6.09. The van der Waals surface area contributed by atoms with Crippen LogP contribution in [0.5, 0.6) is 0 Å². The lowest BCUT2D eigenvalue weighted by molar-refractivity contribution is 1.07. The maximum absolute atomic E-state index is 5.11. The molecule has 0 atom stereocenters. The van der Waals surface area contributed by atoms with Crippen LogP contribution in [-0.2, 0) is 0 Å². The van der Waals surface area contributed by atoms with Crippen molar-refractivity contribution in [1.82, 2.24) is 29.1 Å². The number of fused-ring (bicyclic) bond motifs is 6. The van der Waals surface area contributed by atoms with Crippen LogP contribution in [0.3, 0.4) is 0 Å². The molecule has 0 unspecified atom stereocenters. The van der Waals surface area contributed by atoms with Gasteiger partial charge in [0.1, 0.15) is 5.82 Å². The van der Waals surface area contributed by atoms with Gasteiger partial charge >= 0.3 is 0 Å². The summed E-state index contributed by atoms with van der Waals surface area (Å²) in [5.41, 5.74) is 9.03. The number of para-hydroxylation sites is 2. The van der Waals surface area contributed by atoms with E-state index >= 15 is 0 Å². The summed E-state index contributed by atoms with van der Waals surface area (Å²) in [7, 11) is 0. The summed E-state index contributed by atoms with van der Waals surface area (Å²) in [6.45, 7) is 0. The van der Waals surface area contributed by atoms with Crippen molar-refractivity contribution in [1.29, 1.82) is 0 Å². The Kier molecular flexibility index (Phi) is 5.40. The molecule has 0 aliphatic heterocycles. The van der Waals surface area contributed by atoms with Crippen molar-refractivity contribution >= 4 is 43.6 Å². The monoisotopic (exact) mass is 564 g/mol. The van der Waals surface area contributed by atoms with Gasteiger partial charge in [0, 0.05) is 51.4 Å². The topological polar surface area (TPSA) is 61.4 Å². The largest absolute Gasteiger partial charge is 0.309 e. The van der Waals surface area contributed by atoms with Crippen LogP contribution >= 0.6 is 0 Å². The fourth-order valence-electron chi connectivity index (χ4n) is 6.39. The van der Waals surface area contributed by atoms with Gasteiger partial charge < -0.3 is 4.57 Å². The summed E-state index contributed by atoms with van der Waals surface area (Å²) in [5, 5.41) is 4.66. The molecule has 44 heavy (non-hydrogen) atoms. The normalized spacial score (nSPS) is 11.6. The zero-order valence-corrected chi connectivity index (χ0v) is 23.5. The minimum absolute atomic E-state index is 0.810. The van der Waals surface area contributed by atoms with E-state index in [0.717, 1.165) is 67.0 Å². The second kappa shape index (κ2) is 9.71. The molecule has 0 saturated heterocycles. The van der Waals surface area contributed by atoms with Gasteiger partial charge in [-0.2, -0.15) is 0 Å². The number of aromatic nitrogens is 6. The van der Waals surface area contributed by atoms with Crippen LogP contribution in [0.1, 0.15) is 0 Å². The zero-order chi connectivity index (χ0) is 29.0. The Morgan fingerprint density at radius 3 is 1.93 bits per heavy atom. The third-order valence-corrected chi connectivity index (χ3v) is 8.33. The van der Waals surface area contributed by atoms with E-state index < -0.39 is 0 Å². The van der Waals surface area contributed by atoms with Gasteiger partial charge in [0.2, 0.25) is 0 Å². The second-order valence-corrected chi connectivity index (χ2v) is 10.8. The minimum atomic E-state index is 0.810. The summed E-state index contributed by atoms with van der Waals surface area (Å²) < 4.78 is 4.47. The minimum Gasteiger partial charge on any atom is -0.309 e. The molecule has 0 aliphatic carbocycles. The van der Waals surface area contributed by atoms with Crippen molar-refractivity contribution in [2.75, 3.05) is 0 Å². The van der Waals surface area contributed by atoms with E-state index in [4.69, 9.17) is 9.97 Å². The van der Waals surface area contributed by atoms with Crippen molar-refractivity contribution in [3.05, 3.63) is 146 Å². The van der Waals surface area contributed by atoms with E-state index in [1.807, 2.05) is 49.1 Å². The van der Waals surface area contributed by atoms with Crippen LogP contribution < -0.4 is 0 Å². The number of hydrogen-bond donors (Lipinski definition) is 0. The molecule has 6 heteroatoms. The first-order chi connectivity index (χ1) is 21.8. The highest BCUT2D eigenvalue weighted by atomic mass is 15.1. The molecule has 0 amide bonds. The molecule has 6 nitrogen and oxygen atoms in total. The Hall–Kier alpha value is -6.14.